The van der Waals surface area contributed by atoms with Crippen molar-refractivity contribution in [3.63, 3.8) is 0 Å². The Labute approximate surface area is 225 Å². The maximum absolute atomic E-state index is 14.0. The molecule has 4 aromatic rings. The van der Waals surface area contributed by atoms with E-state index in [1.54, 1.807) is 29.7 Å². The quantitative estimate of drug-likeness (QED) is 0.393. The number of hydrogen-bond acceptors (Lipinski definition) is 6. The molecule has 1 N–H and O–H groups in total. The van der Waals surface area contributed by atoms with E-state index >= 15 is 0 Å². The van der Waals surface area contributed by atoms with Crippen molar-refractivity contribution in [2.45, 2.75) is 32.1 Å². The van der Waals surface area contributed by atoms with Crippen LogP contribution < -0.4 is 19.5 Å². The third kappa shape index (κ3) is 4.56. The van der Waals surface area contributed by atoms with Crippen LogP contribution in [0.1, 0.15) is 28.5 Å². The van der Waals surface area contributed by atoms with Gasteiger partial charge in [-0.05, 0) is 60.5 Å². The van der Waals surface area contributed by atoms with E-state index in [2.05, 4.69) is 5.32 Å². The normalized spacial score (nSPS) is 17.6. The van der Waals surface area contributed by atoms with E-state index in [0.717, 1.165) is 22.4 Å². The van der Waals surface area contributed by atoms with E-state index in [9.17, 15) is 9.59 Å². The zero-order valence-corrected chi connectivity index (χ0v) is 21.7. The van der Waals surface area contributed by atoms with Crippen molar-refractivity contribution in [2.75, 3.05) is 13.9 Å². The van der Waals surface area contributed by atoms with Gasteiger partial charge in [-0.2, -0.15) is 5.10 Å². The van der Waals surface area contributed by atoms with Crippen molar-refractivity contribution < 1.29 is 23.8 Å². The molecule has 198 valence electrons. The van der Waals surface area contributed by atoms with Crippen LogP contribution in [-0.2, 0) is 24.4 Å². The first-order valence-corrected chi connectivity index (χ1v) is 12.7. The Morgan fingerprint density at radius 1 is 1.00 bits per heavy atom. The van der Waals surface area contributed by atoms with Crippen LogP contribution in [0, 0.1) is 0 Å². The highest BCUT2D eigenvalue weighted by molar-refractivity contribution is 6.00. The highest BCUT2D eigenvalue weighted by atomic mass is 16.7. The fraction of sp³-hybridized carbons (Fsp3) is 0.233. The average molecular weight is 525 g/mol. The van der Waals surface area contributed by atoms with Gasteiger partial charge in [0, 0.05) is 18.7 Å². The number of nitrogens with zero attached hydrogens (tertiary/aromatic N) is 3. The number of benzene rings is 3. The molecule has 6 rings (SSSR count). The van der Waals surface area contributed by atoms with Crippen molar-refractivity contribution >= 4 is 11.8 Å². The monoisotopic (exact) mass is 524 g/mol. The van der Waals surface area contributed by atoms with Gasteiger partial charge in [-0.25, -0.2) is 0 Å². The first kappa shape index (κ1) is 24.5. The Bertz CT molecular complexity index is 1530. The minimum absolute atomic E-state index is 0.161. The Morgan fingerprint density at radius 2 is 1.77 bits per heavy atom. The lowest BCUT2D eigenvalue weighted by molar-refractivity contribution is -0.133. The van der Waals surface area contributed by atoms with Crippen molar-refractivity contribution in [3.05, 3.63) is 95.7 Å². The van der Waals surface area contributed by atoms with Gasteiger partial charge in [-0.15, -0.1) is 0 Å². The summed E-state index contributed by atoms with van der Waals surface area (Å²) in [7, 11) is 1.61. The van der Waals surface area contributed by atoms with Crippen LogP contribution in [0.2, 0.25) is 0 Å². The second-order valence-corrected chi connectivity index (χ2v) is 9.82. The minimum Gasteiger partial charge on any atom is -0.497 e. The number of rotatable bonds is 7. The van der Waals surface area contributed by atoms with Crippen LogP contribution in [0.15, 0.2) is 78.9 Å². The van der Waals surface area contributed by atoms with Gasteiger partial charge < -0.3 is 24.4 Å². The van der Waals surface area contributed by atoms with E-state index in [0.29, 0.717) is 29.4 Å². The number of hydrogen-bond donors (Lipinski definition) is 1. The lowest BCUT2D eigenvalue weighted by Gasteiger charge is -2.43. The Morgan fingerprint density at radius 3 is 2.54 bits per heavy atom. The fourth-order valence-corrected chi connectivity index (χ4v) is 4.98. The average Bonchev–Trinajstić information content (AvgIpc) is 3.61. The third-order valence-electron chi connectivity index (χ3n) is 7.25. The molecule has 3 aromatic carbocycles. The molecule has 9 nitrogen and oxygen atoms in total. The molecule has 0 unspecified atom stereocenters. The third-order valence-corrected chi connectivity index (χ3v) is 7.25. The van der Waals surface area contributed by atoms with E-state index < -0.39 is 5.54 Å². The summed E-state index contributed by atoms with van der Waals surface area (Å²) in [4.78, 5) is 29.4. The van der Waals surface area contributed by atoms with Gasteiger partial charge in [0.25, 0.3) is 5.91 Å². The summed E-state index contributed by atoms with van der Waals surface area (Å²) in [5.74, 6) is 1.49. The van der Waals surface area contributed by atoms with E-state index in [1.807, 2.05) is 72.8 Å². The van der Waals surface area contributed by atoms with Gasteiger partial charge in [0.1, 0.15) is 17.0 Å². The van der Waals surface area contributed by atoms with E-state index in [-0.39, 0.29) is 31.7 Å². The smallest absolute Gasteiger partial charge is 0.273 e. The van der Waals surface area contributed by atoms with Gasteiger partial charge in [-0.1, -0.05) is 36.4 Å². The highest BCUT2D eigenvalue weighted by Gasteiger charge is 2.48. The maximum Gasteiger partial charge on any atom is 0.273 e. The molecule has 2 amide bonds. The first-order valence-electron chi connectivity index (χ1n) is 12.7. The van der Waals surface area contributed by atoms with Gasteiger partial charge >= 0.3 is 0 Å². The number of aromatic nitrogens is 2. The second kappa shape index (κ2) is 9.83. The molecule has 0 fully saturated rings. The molecule has 0 saturated carbocycles. The van der Waals surface area contributed by atoms with Gasteiger partial charge in [0.15, 0.2) is 11.5 Å². The van der Waals surface area contributed by atoms with Crippen LogP contribution in [0.3, 0.4) is 0 Å². The van der Waals surface area contributed by atoms with Crippen molar-refractivity contribution in [1.29, 1.82) is 0 Å². The summed E-state index contributed by atoms with van der Waals surface area (Å²) in [6.07, 6.45) is 0. The van der Waals surface area contributed by atoms with Crippen molar-refractivity contribution in [2.24, 2.45) is 0 Å². The van der Waals surface area contributed by atoms with Crippen molar-refractivity contribution in [1.82, 2.24) is 20.0 Å². The lowest BCUT2D eigenvalue weighted by Crippen LogP contribution is -2.63. The molecule has 3 heterocycles. The molecule has 0 spiro atoms. The Kier molecular flexibility index (Phi) is 6.18. The van der Waals surface area contributed by atoms with E-state index in [1.165, 1.54) is 0 Å². The number of ether oxygens (including phenoxy) is 3. The number of methoxy groups -OCH3 is 1. The SMILES string of the molecule is COc1ccc(-c2cc3n(n2)C[C@@](C)(C(=O)NCc2ccccc2)N(Cc2ccc4c(c2)OCO4)C3=O)cc1. The minimum atomic E-state index is -1.20. The van der Waals surface area contributed by atoms with Gasteiger partial charge in [0.2, 0.25) is 12.7 Å². The first-order chi connectivity index (χ1) is 18.9. The second-order valence-electron chi connectivity index (χ2n) is 9.82. The van der Waals surface area contributed by atoms with Crippen LogP contribution in [0.5, 0.6) is 17.2 Å². The number of amides is 2. The topological polar surface area (TPSA) is 94.9 Å². The molecule has 1 aromatic heterocycles. The van der Waals surface area contributed by atoms with Crippen LogP contribution in [-0.4, -0.2) is 45.9 Å². The molecule has 2 aliphatic rings. The molecule has 0 aliphatic carbocycles. The van der Waals surface area contributed by atoms with Gasteiger partial charge in [-0.3, -0.25) is 14.3 Å². The summed E-state index contributed by atoms with van der Waals surface area (Å²) in [6, 6.07) is 24.5. The molecular formula is C30H28N4O5. The molecule has 39 heavy (non-hydrogen) atoms. The zero-order chi connectivity index (χ0) is 27.0. The lowest BCUT2D eigenvalue weighted by atomic mass is 9.94. The molecule has 0 saturated heterocycles. The number of carbonyl (C=O) groups is 2. The van der Waals surface area contributed by atoms with Crippen LogP contribution in [0.4, 0.5) is 0 Å². The summed E-state index contributed by atoms with van der Waals surface area (Å²) in [6.45, 7) is 2.72. The van der Waals surface area contributed by atoms with Crippen molar-refractivity contribution in [3.8, 4) is 28.5 Å². The molecule has 0 bridgehead atoms. The van der Waals surface area contributed by atoms with Gasteiger partial charge in [0.05, 0.1) is 19.3 Å². The molecule has 0 radical (unpaired) electrons. The standard InChI is InChI=1S/C30H28N4O5/c1-30(29(36)31-16-20-6-4-3-5-7-20)18-34-25(15-24(32-34)22-9-11-23(37-2)12-10-22)28(35)33(30)17-21-8-13-26-27(14-21)39-19-38-26/h3-15H,16-19H2,1-2H3,(H,31,36)/t30-/m0/s1. The molecule has 2 aliphatic heterocycles. The van der Waals surface area contributed by atoms with Crippen LogP contribution >= 0.6 is 0 Å². The summed E-state index contributed by atoms with van der Waals surface area (Å²) in [5, 5.41) is 7.76. The Hall–Kier alpha value is -4.79. The predicted molar refractivity (Wildman–Crippen MR) is 143 cm³/mol. The molecular weight excluding hydrogens is 496 g/mol. The fourth-order valence-electron chi connectivity index (χ4n) is 4.98. The molecule has 1 atom stereocenters. The number of fused-ring (bicyclic) bond motifs is 2. The summed E-state index contributed by atoms with van der Waals surface area (Å²) < 4.78 is 17.9. The summed E-state index contributed by atoms with van der Waals surface area (Å²) >= 11 is 0. The zero-order valence-electron chi connectivity index (χ0n) is 21.7. The highest BCUT2D eigenvalue weighted by Crippen LogP contribution is 2.36. The number of nitrogens with one attached hydrogen (secondary N) is 1. The Balaban J connectivity index is 1.34. The summed E-state index contributed by atoms with van der Waals surface area (Å²) in [5.41, 5.74) is 2.53. The maximum atomic E-state index is 14.0. The predicted octanol–water partition coefficient (Wildman–Crippen LogP) is 4.02. The number of carbonyl (C=O) groups excluding carboxylic acids is 2. The largest absolute Gasteiger partial charge is 0.497 e. The molecule has 9 heteroatoms. The van der Waals surface area contributed by atoms with E-state index in [4.69, 9.17) is 19.3 Å². The van der Waals surface area contributed by atoms with Crippen LogP contribution in [0.25, 0.3) is 11.3 Å².